The Morgan fingerprint density at radius 1 is 0.833 bits per heavy atom. The van der Waals surface area contributed by atoms with E-state index in [1.807, 2.05) is 0 Å². The molecule has 1 aliphatic heterocycles. The third-order valence-electron chi connectivity index (χ3n) is 7.72. The van der Waals surface area contributed by atoms with Crippen LogP contribution in [0.1, 0.15) is 121 Å². The van der Waals surface area contributed by atoms with Crippen LogP contribution in [-0.4, -0.2) is 5.60 Å². The average Bonchev–Trinajstić information content (AvgIpc) is 2.67. The molecule has 2 rings (SSSR count). The van der Waals surface area contributed by atoms with E-state index >= 15 is 0 Å². The Balaban J connectivity index is 1.69. The van der Waals surface area contributed by atoms with Crippen LogP contribution in [0.15, 0.2) is 6.07 Å². The molecular weight excluding hydrogens is 364 g/mol. The third-order valence-corrected chi connectivity index (χ3v) is 7.72. The molecule has 1 heterocycles. The third kappa shape index (κ3) is 7.61. The second-order valence-electron chi connectivity index (χ2n) is 11.3. The average molecular weight is 415 g/mol. The molecular formula is C29H50O. The molecule has 0 bridgehead atoms. The maximum atomic E-state index is 6.63. The topological polar surface area (TPSA) is 9.23 Å². The van der Waals surface area contributed by atoms with Gasteiger partial charge in [-0.15, -0.1) is 0 Å². The van der Waals surface area contributed by atoms with Gasteiger partial charge in [0.2, 0.25) is 0 Å². The van der Waals surface area contributed by atoms with E-state index in [1.165, 1.54) is 85.8 Å². The minimum Gasteiger partial charge on any atom is -0.487 e. The van der Waals surface area contributed by atoms with E-state index in [-0.39, 0.29) is 5.60 Å². The number of benzene rings is 1. The number of fused-ring (bicyclic) bond motifs is 1. The summed E-state index contributed by atoms with van der Waals surface area (Å²) in [5.41, 5.74) is 5.59. The maximum Gasteiger partial charge on any atom is 0.126 e. The van der Waals surface area contributed by atoms with Crippen LogP contribution in [0.2, 0.25) is 0 Å². The normalized spacial score (nSPS) is 20.7. The summed E-state index contributed by atoms with van der Waals surface area (Å²) in [6.45, 7) is 18.6. The molecule has 1 nitrogen and oxygen atoms in total. The molecule has 0 fully saturated rings. The van der Waals surface area contributed by atoms with Gasteiger partial charge < -0.3 is 4.74 Å². The van der Waals surface area contributed by atoms with E-state index in [2.05, 4.69) is 61.5 Å². The number of aryl methyl sites for hydroxylation is 2. The fourth-order valence-corrected chi connectivity index (χ4v) is 5.14. The van der Waals surface area contributed by atoms with Crippen molar-refractivity contribution >= 4 is 0 Å². The van der Waals surface area contributed by atoms with Crippen molar-refractivity contribution in [3.63, 3.8) is 0 Å². The van der Waals surface area contributed by atoms with Gasteiger partial charge in [0.15, 0.2) is 0 Å². The number of hydrogen-bond donors (Lipinski definition) is 0. The number of ether oxygens (including phenoxy) is 1. The Morgan fingerprint density at radius 3 is 2.00 bits per heavy atom. The van der Waals surface area contributed by atoms with Gasteiger partial charge in [0.25, 0.3) is 0 Å². The van der Waals surface area contributed by atoms with Gasteiger partial charge in [0.1, 0.15) is 11.4 Å². The van der Waals surface area contributed by atoms with Gasteiger partial charge in [-0.25, -0.2) is 0 Å². The Hall–Kier alpha value is -0.980. The molecule has 0 saturated heterocycles. The van der Waals surface area contributed by atoms with Crippen LogP contribution in [0.4, 0.5) is 0 Å². The molecule has 0 spiro atoms. The first-order valence-corrected chi connectivity index (χ1v) is 12.9. The fraction of sp³-hybridized carbons (Fsp3) is 0.793. The summed E-state index contributed by atoms with van der Waals surface area (Å²) in [6, 6.07) is 2.35. The standard InChI is InChI=1S/C29H50O/c1-21(2)12-9-13-22(3)14-10-15-23(4)16-11-18-29(8)19-17-27-20-24(5)25(6)26(7)28(27)30-29/h20-23H,9-19H2,1-8H3/t22-,23-,29-/m0/s1. The molecule has 1 aromatic carbocycles. The lowest BCUT2D eigenvalue weighted by Crippen LogP contribution is -2.36. The lowest BCUT2D eigenvalue weighted by atomic mass is 9.84. The van der Waals surface area contributed by atoms with Crippen molar-refractivity contribution < 1.29 is 4.74 Å². The highest BCUT2D eigenvalue weighted by atomic mass is 16.5. The Morgan fingerprint density at radius 2 is 1.40 bits per heavy atom. The first-order chi connectivity index (χ1) is 14.1. The van der Waals surface area contributed by atoms with Crippen molar-refractivity contribution in [3.05, 3.63) is 28.3 Å². The smallest absolute Gasteiger partial charge is 0.126 e. The van der Waals surface area contributed by atoms with Gasteiger partial charge in [0.05, 0.1) is 0 Å². The molecule has 0 saturated carbocycles. The van der Waals surface area contributed by atoms with E-state index < -0.39 is 0 Å². The zero-order valence-corrected chi connectivity index (χ0v) is 21.5. The zero-order valence-electron chi connectivity index (χ0n) is 21.5. The second-order valence-corrected chi connectivity index (χ2v) is 11.3. The molecule has 1 aliphatic rings. The lowest BCUT2D eigenvalue weighted by molar-refractivity contribution is 0.0515. The van der Waals surface area contributed by atoms with E-state index in [9.17, 15) is 0 Å². The van der Waals surface area contributed by atoms with Crippen LogP contribution in [0.5, 0.6) is 5.75 Å². The van der Waals surface area contributed by atoms with Crippen LogP contribution in [0.25, 0.3) is 0 Å². The quantitative estimate of drug-likeness (QED) is 0.331. The molecule has 0 radical (unpaired) electrons. The largest absolute Gasteiger partial charge is 0.487 e. The van der Waals surface area contributed by atoms with Gasteiger partial charge in [0, 0.05) is 0 Å². The maximum absolute atomic E-state index is 6.63. The minimum absolute atomic E-state index is 0.0180. The van der Waals surface area contributed by atoms with E-state index in [0.29, 0.717) is 0 Å². The second kappa shape index (κ2) is 11.6. The predicted octanol–water partition coefficient (Wildman–Crippen LogP) is 9.13. The Kier molecular flexibility index (Phi) is 9.76. The molecule has 1 heteroatoms. The molecule has 3 atom stereocenters. The zero-order chi connectivity index (χ0) is 22.3. The first kappa shape index (κ1) is 25.3. The summed E-state index contributed by atoms with van der Waals surface area (Å²) >= 11 is 0. The lowest BCUT2D eigenvalue weighted by Gasteiger charge is -2.37. The monoisotopic (exact) mass is 414 g/mol. The van der Waals surface area contributed by atoms with Gasteiger partial charge in [-0.05, 0) is 93.4 Å². The highest BCUT2D eigenvalue weighted by Crippen LogP contribution is 2.40. The van der Waals surface area contributed by atoms with Gasteiger partial charge in [-0.1, -0.05) is 78.7 Å². The fourth-order valence-electron chi connectivity index (χ4n) is 5.14. The van der Waals surface area contributed by atoms with Crippen LogP contribution in [-0.2, 0) is 6.42 Å². The van der Waals surface area contributed by atoms with E-state index in [0.717, 1.165) is 30.6 Å². The summed E-state index contributed by atoms with van der Waals surface area (Å²) in [4.78, 5) is 0. The molecule has 1 aromatic rings. The van der Waals surface area contributed by atoms with Crippen LogP contribution >= 0.6 is 0 Å². The molecule has 0 unspecified atom stereocenters. The summed E-state index contributed by atoms with van der Waals surface area (Å²) in [7, 11) is 0. The number of rotatable bonds is 12. The molecule has 0 aliphatic carbocycles. The predicted molar refractivity (Wildman–Crippen MR) is 133 cm³/mol. The van der Waals surface area contributed by atoms with Crippen molar-refractivity contribution in [1.29, 1.82) is 0 Å². The molecule has 0 amide bonds. The van der Waals surface area contributed by atoms with Crippen molar-refractivity contribution in [3.8, 4) is 5.75 Å². The minimum atomic E-state index is 0.0180. The summed E-state index contributed by atoms with van der Waals surface area (Å²) in [5, 5.41) is 0. The molecule has 0 aromatic heterocycles. The van der Waals surface area contributed by atoms with Crippen molar-refractivity contribution in [2.75, 3.05) is 0 Å². The SMILES string of the molecule is Cc1cc2c(c(C)c1C)O[C@@](C)(CCC[C@@H](C)CCC[C@@H](C)CCCC(C)C)CC2. The highest BCUT2D eigenvalue weighted by Gasteiger charge is 2.32. The first-order valence-electron chi connectivity index (χ1n) is 12.9. The Labute approximate surface area is 188 Å². The summed E-state index contributed by atoms with van der Waals surface area (Å²) in [6.07, 6.45) is 14.6. The highest BCUT2D eigenvalue weighted by molar-refractivity contribution is 5.50. The van der Waals surface area contributed by atoms with Crippen LogP contribution in [0.3, 0.4) is 0 Å². The van der Waals surface area contributed by atoms with Crippen LogP contribution in [0, 0.1) is 38.5 Å². The van der Waals surface area contributed by atoms with Gasteiger partial charge in [-0.2, -0.15) is 0 Å². The summed E-state index contributed by atoms with van der Waals surface area (Å²) < 4.78 is 6.63. The van der Waals surface area contributed by atoms with Gasteiger partial charge in [-0.3, -0.25) is 0 Å². The van der Waals surface area contributed by atoms with Crippen LogP contribution < -0.4 is 4.74 Å². The summed E-state index contributed by atoms with van der Waals surface area (Å²) in [5.74, 6) is 3.80. The number of hydrogen-bond acceptors (Lipinski definition) is 1. The van der Waals surface area contributed by atoms with Crippen molar-refractivity contribution in [2.45, 2.75) is 132 Å². The van der Waals surface area contributed by atoms with Gasteiger partial charge >= 0.3 is 0 Å². The van der Waals surface area contributed by atoms with E-state index in [1.54, 1.807) is 0 Å². The Bertz CT molecular complexity index is 659. The molecule has 0 N–H and O–H groups in total. The molecule has 30 heavy (non-hydrogen) atoms. The van der Waals surface area contributed by atoms with E-state index in [4.69, 9.17) is 4.74 Å². The van der Waals surface area contributed by atoms with Crippen molar-refractivity contribution in [2.24, 2.45) is 17.8 Å². The van der Waals surface area contributed by atoms with Crippen molar-refractivity contribution in [1.82, 2.24) is 0 Å². The molecule has 172 valence electrons.